The summed E-state index contributed by atoms with van der Waals surface area (Å²) < 4.78 is 6.25. The van der Waals surface area contributed by atoms with Crippen LogP contribution in [0, 0.1) is 5.41 Å². The number of carboxylic acid groups (broad SMARTS) is 1. The zero-order chi connectivity index (χ0) is 16.4. The number of fused-ring (bicyclic) bond motifs is 1. The lowest BCUT2D eigenvalue weighted by molar-refractivity contribution is -0.155. The molecule has 23 heavy (non-hydrogen) atoms. The van der Waals surface area contributed by atoms with Crippen molar-refractivity contribution in [1.29, 1.82) is 0 Å². The van der Waals surface area contributed by atoms with Crippen LogP contribution in [0.4, 0.5) is 0 Å². The lowest BCUT2D eigenvalue weighted by Crippen LogP contribution is -2.52. The van der Waals surface area contributed by atoms with Gasteiger partial charge in [0.15, 0.2) is 0 Å². The van der Waals surface area contributed by atoms with Crippen LogP contribution >= 0.6 is 11.3 Å². The number of hydrogen-bond acceptors (Lipinski definition) is 4. The number of hydrogen-bond donors (Lipinski definition) is 1. The van der Waals surface area contributed by atoms with Gasteiger partial charge in [-0.15, -0.1) is 11.3 Å². The summed E-state index contributed by atoms with van der Waals surface area (Å²) in [7, 11) is 1.50. The standard InChI is InChI=1S/C17H19NO4S/c1-22-11-17(16(20)21)6-2-7-18(10-17)15(19)13-3-4-14-12(9-13)5-8-23-14/h3-5,8-9H,2,6-7,10-11H2,1H3,(H,20,21)/t17-/m1/s1. The second-order valence-corrected chi connectivity index (χ2v) is 6.97. The van der Waals surface area contributed by atoms with E-state index < -0.39 is 11.4 Å². The fourth-order valence-corrected chi connectivity index (χ4v) is 3.99. The van der Waals surface area contributed by atoms with Gasteiger partial charge in [-0.1, -0.05) is 0 Å². The van der Waals surface area contributed by atoms with Crippen molar-refractivity contribution in [2.45, 2.75) is 12.8 Å². The molecule has 1 atom stereocenters. The predicted molar refractivity (Wildman–Crippen MR) is 88.9 cm³/mol. The lowest BCUT2D eigenvalue weighted by Gasteiger charge is -2.39. The topological polar surface area (TPSA) is 66.8 Å². The van der Waals surface area contributed by atoms with Crippen molar-refractivity contribution in [3.63, 3.8) is 0 Å². The van der Waals surface area contributed by atoms with Crippen LogP contribution < -0.4 is 0 Å². The first-order valence-corrected chi connectivity index (χ1v) is 8.43. The average Bonchev–Trinajstić information content (AvgIpc) is 3.02. The van der Waals surface area contributed by atoms with Gasteiger partial charge < -0.3 is 14.7 Å². The minimum Gasteiger partial charge on any atom is -0.481 e. The minimum absolute atomic E-state index is 0.112. The molecule has 1 N–H and O–H groups in total. The number of amides is 1. The summed E-state index contributed by atoms with van der Waals surface area (Å²) in [5.41, 5.74) is -0.399. The van der Waals surface area contributed by atoms with Crippen LogP contribution in [0.2, 0.25) is 0 Å². The number of likely N-dealkylation sites (tertiary alicyclic amines) is 1. The smallest absolute Gasteiger partial charge is 0.313 e. The summed E-state index contributed by atoms with van der Waals surface area (Å²) in [5, 5.41) is 12.6. The van der Waals surface area contributed by atoms with Gasteiger partial charge in [0.1, 0.15) is 5.41 Å². The fraction of sp³-hybridized carbons (Fsp3) is 0.412. The molecule has 0 unspecified atom stereocenters. The molecule has 1 fully saturated rings. The normalized spacial score (nSPS) is 21.5. The number of piperidine rings is 1. The maximum absolute atomic E-state index is 12.8. The van der Waals surface area contributed by atoms with E-state index in [-0.39, 0.29) is 19.1 Å². The number of methoxy groups -OCH3 is 1. The van der Waals surface area contributed by atoms with Gasteiger partial charge in [0, 0.05) is 30.5 Å². The molecule has 1 aliphatic rings. The first kappa shape index (κ1) is 16.0. The lowest BCUT2D eigenvalue weighted by atomic mass is 9.80. The molecule has 122 valence electrons. The monoisotopic (exact) mass is 333 g/mol. The van der Waals surface area contributed by atoms with Crippen LogP contribution in [0.25, 0.3) is 10.1 Å². The zero-order valence-electron chi connectivity index (χ0n) is 12.9. The summed E-state index contributed by atoms with van der Waals surface area (Å²) in [6.45, 7) is 0.894. The highest BCUT2D eigenvalue weighted by Gasteiger charge is 2.44. The molecule has 1 saturated heterocycles. The molecule has 0 spiro atoms. The highest BCUT2D eigenvalue weighted by Crippen LogP contribution is 2.32. The molecule has 1 aromatic carbocycles. The van der Waals surface area contributed by atoms with Gasteiger partial charge in [0.25, 0.3) is 5.91 Å². The van der Waals surface area contributed by atoms with E-state index in [2.05, 4.69) is 0 Å². The summed E-state index contributed by atoms with van der Waals surface area (Å²) in [6.07, 6.45) is 1.20. The summed E-state index contributed by atoms with van der Waals surface area (Å²) in [4.78, 5) is 26.1. The average molecular weight is 333 g/mol. The number of rotatable bonds is 4. The third kappa shape index (κ3) is 2.96. The second-order valence-electron chi connectivity index (χ2n) is 6.02. The molecular weight excluding hydrogens is 314 g/mol. The molecule has 1 aliphatic heterocycles. The van der Waals surface area contributed by atoms with Gasteiger partial charge in [-0.05, 0) is 47.9 Å². The van der Waals surface area contributed by atoms with E-state index in [4.69, 9.17) is 4.74 Å². The van der Waals surface area contributed by atoms with Gasteiger partial charge in [0.2, 0.25) is 0 Å². The molecule has 0 saturated carbocycles. The summed E-state index contributed by atoms with van der Waals surface area (Å²) in [5.74, 6) is -1.01. The first-order valence-electron chi connectivity index (χ1n) is 7.55. The molecule has 6 heteroatoms. The quantitative estimate of drug-likeness (QED) is 0.934. The minimum atomic E-state index is -1.00. The van der Waals surface area contributed by atoms with Crippen molar-refractivity contribution in [1.82, 2.24) is 4.90 Å². The Balaban J connectivity index is 1.84. The number of carbonyl (C=O) groups is 2. The second kappa shape index (κ2) is 6.29. The van der Waals surface area contributed by atoms with Crippen LogP contribution in [-0.4, -0.2) is 48.7 Å². The molecule has 1 amide bonds. The van der Waals surface area contributed by atoms with Crippen molar-refractivity contribution in [2.75, 3.05) is 26.8 Å². The molecule has 0 bridgehead atoms. The molecule has 0 aliphatic carbocycles. The highest BCUT2D eigenvalue weighted by atomic mass is 32.1. The molecular formula is C17H19NO4S. The Morgan fingerprint density at radius 2 is 2.22 bits per heavy atom. The van der Waals surface area contributed by atoms with E-state index in [1.807, 2.05) is 29.6 Å². The van der Waals surface area contributed by atoms with E-state index in [1.165, 1.54) is 7.11 Å². The number of thiophene rings is 1. The maximum atomic E-state index is 12.8. The largest absolute Gasteiger partial charge is 0.481 e. The van der Waals surface area contributed by atoms with Crippen LogP contribution in [0.15, 0.2) is 29.6 Å². The van der Waals surface area contributed by atoms with Gasteiger partial charge in [-0.25, -0.2) is 0 Å². The SMILES string of the molecule is COC[C@@]1(C(=O)O)CCCN(C(=O)c2ccc3sccc3c2)C1. The Morgan fingerprint density at radius 1 is 1.39 bits per heavy atom. The first-order chi connectivity index (χ1) is 11.1. The van der Waals surface area contributed by atoms with E-state index in [0.29, 0.717) is 24.9 Å². The third-order valence-corrected chi connectivity index (χ3v) is 5.34. The van der Waals surface area contributed by atoms with Gasteiger partial charge >= 0.3 is 5.97 Å². The summed E-state index contributed by atoms with van der Waals surface area (Å²) >= 11 is 1.63. The Kier molecular flexibility index (Phi) is 4.37. The van der Waals surface area contributed by atoms with E-state index in [0.717, 1.165) is 10.1 Å². The van der Waals surface area contributed by atoms with Crippen LogP contribution in [0.5, 0.6) is 0 Å². The number of carboxylic acids is 1. The van der Waals surface area contributed by atoms with Crippen molar-refractivity contribution >= 4 is 33.3 Å². The number of carbonyl (C=O) groups excluding carboxylic acids is 1. The van der Waals surface area contributed by atoms with Crippen molar-refractivity contribution < 1.29 is 19.4 Å². The van der Waals surface area contributed by atoms with Crippen LogP contribution in [0.3, 0.4) is 0 Å². The van der Waals surface area contributed by atoms with Crippen molar-refractivity contribution in [2.24, 2.45) is 5.41 Å². The third-order valence-electron chi connectivity index (χ3n) is 4.44. The number of nitrogens with zero attached hydrogens (tertiary/aromatic N) is 1. The molecule has 1 aromatic heterocycles. The van der Waals surface area contributed by atoms with Crippen molar-refractivity contribution in [3.05, 3.63) is 35.2 Å². The summed E-state index contributed by atoms with van der Waals surface area (Å²) in [6, 6.07) is 7.62. The zero-order valence-corrected chi connectivity index (χ0v) is 13.8. The highest BCUT2D eigenvalue weighted by molar-refractivity contribution is 7.17. The number of benzene rings is 1. The maximum Gasteiger partial charge on any atom is 0.313 e. The Labute approximate surface area is 138 Å². The molecule has 3 rings (SSSR count). The Morgan fingerprint density at radius 3 is 2.96 bits per heavy atom. The Hall–Kier alpha value is -1.92. The van der Waals surface area contributed by atoms with Gasteiger partial charge in [-0.2, -0.15) is 0 Å². The fourth-order valence-electron chi connectivity index (χ4n) is 3.22. The Bertz CT molecular complexity index is 737. The van der Waals surface area contributed by atoms with Crippen LogP contribution in [-0.2, 0) is 9.53 Å². The van der Waals surface area contributed by atoms with Crippen LogP contribution in [0.1, 0.15) is 23.2 Å². The van der Waals surface area contributed by atoms with E-state index >= 15 is 0 Å². The van der Waals surface area contributed by atoms with E-state index in [9.17, 15) is 14.7 Å². The van der Waals surface area contributed by atoms with Gasteiger partial charge in [0.05, 0.1) is 6.61 Å². The molecule has 2 aromatic rings. The van der Waals surface area contributed by atoms with Crippen molar-refractivity contribution in [3.8, 4) is 0 Å². The number of ether oxygens (including phenoxy) is 1. The molecule has 2 heterocycles. The number of aliphatic carboxylic acids is 1. The van der Waals surface area contributed by atoms with Gasteiger partial charge in [-0.3, -0.25) is 9.59 Å². The van der Waals surface area contributed by atoms with E-state index in [1.54, 1.807) is 16.2 Å². The molecule has 0 radical (unpaired) electrons. The molecule has 5 nitrogen and oxygen atoms in total. The predicted octanol–water partition coefficient (Wildman–Crippen LogP) is 2.85.